The first-order chi connectivity index (χ1) is 9.10. The van der Waals surface area contributed by atoms with Gasteiger partial charge in [0.15, 0.2) is 0 Å². The Morgan fingerprint density at radius 1 is 1.26 bits per heavy atom. The minimum atomic E-state index is -0.0659. The van der Waals surface area contributed by atoms with E-state index in [2.05, 4.69) is 0 Å². The van der Waals surface area contributed by atoms with Crippen molar-refractivity contribution in [3.05, 3.63) is 23.8 Å². The second-order valence-corrected chi connectivity index (χ2v) is 4.00. The number of nitrogens with two attached hydrogens (primary N) is 2. The second-order valence-electron chi connectivity index (χ2n) is 4.00. The molecule has 6 N–H and O–H groups in total. The zero-order chi connectivity index (χ0) is 14.3. The normalized spacial score (nSPS) is 10.0. The predicted octanol–water partition coefficient (Wildman–Crippen LogP) is 1.12. The van der Waals surface area contributed by atoms with E-state index in [1.165, 1.54) is 7.11 Å². The largest absolute Gasteiger partial charge is 0.496 e. The quantitative estimate of drug-likeness (QED) is 0.319. The van der Waals surface area contributed by atoms with E-state index in [-0.39, 0.29) is 18.0 Å². The smallest absolute Gasteiger partial charge is 0.132 e. The van der Waals surface area contributed by atoms with Crippen LogP contribution in [0.25, 0.3) is 0 Å². The third-order valence-corrected chi connectivity index (χ3v) is 2.48. The molecule has 0 radical (unpaired) electrons. The van der Waals surface area contributed by atoms with Gasteiger partial charge in [-0.25, -0.2) is 0 Å². The van der Waals surface area contributed by atoms with Crippen LogP contribution in [0.1, 0.15) is 18.4 Å². The first-order valence-electron chi connectivity index (χ1n) is 6.00. The van der Waals surface area contributed by atoms with E-state index >= 15 is 0 Å². The van der Waals surface area contributed by atoms with Crippen molar-refractivity contribution in [1.82, 2.24) is 0 Å². The van der Waals surface area contributed by atoms with Crippen LogP contribution >= 0.6 is 0 Å². The lowest BCUT2D eigenvalue weighted by Gasteiger charge is -2.15. The Kier molecular flexibility index (Phi) is 5.81. The molecule has 0 aliphatic rings. The van der Waals surface area contributed by atoms with Crippen LogP contribution in [0, 0.1) is 10.8 Å². The van der Waals surface area contributed by atoms with E-state index in [9.17, 15) is 0 Å². The molecule has 6 heteroatoms. The summed E-state index contributed by atoms with van der Waals surface area (Å²) in [6.07, 6.45) is 0.796. The minimum absolute atomic E-state index is 0.0631. The Bertz CT molecular complexity index is 460. The Hall–Kier alpha value is -2.08. The average Bonchev–Trinajstić information content (AvgIpc) is 2.37. The van der Waals surface area contributed by atoms with Crippen molar-refractivity contribution >= 4 is 11.5 Å². The summed E-state index contributed by atoms with van der Waals surface area (Å²) < 4.78 is 10.8. The molecule has 104 valence electrons. The second kappa shape index (κ2) is 7.38. The maximum atomic E-state index is 8.02. The van der Waals surface area contributed by atoms with Crippen LogP contribution in [0.2, 0.25) is 0 Å². The summed E-state index contributed by atoms with van der Waals surface area (Å²) in [6.45, 7) is 1.02. The van der Waals surface area contributed by atoms with Gasteiger partial charge in [0.25, 0.3) is 0 Å². The Morgan fingerprint density at radius 3 is 2.53 bits per heavy atom. The fourth-order valence-corrected chi connectivity index (χ4v) is 1.64. The zero-order valence-electron chi connectivity index (χ0n) is 11.0. The predicted molar refractivity (Wildman–Crippen MR) is 75.5 cm³/mol. The van der Waals surface area contributed by atoms with Crippen LogP contribution in [0.3, 0.4) is 0 Å². The van der Waals surface area contributed by atoms with Crippen LogP contribution in [-0.4, -0.2) is 31.8 Å². The highest BCUT2D eigenvalue weighted by molar-refractivity contribution is 6.12. The average molecular weight is 264 g/mol. The van der Waals surface area contributed by atoms with Gasteiger partial charge in [-0.15, -0.1) is 0 Å². The zero-order valence-corrected chi connectivity index (χ0v) is 11.0. The van der Waals surface area contributed by atoms with E-state index < -0.39 is 0 Å². The van der Waals surface area contributed by atoms with Crippen molar-refractivity contribution in [3.8, 4) is 11.5 Å². The molecular formula is C13H20N4O2. The molecule has 1 aromatic carbocycles. The lowest BCUT2D eigenvalue weighted by atomic mass is 10.0. The standard InChI is InChI=1S/C13H20N4O2/c1-18-10-4-2-5-11(19-7-3-6-14)13(10)9(15)8-12(16)17/h2,4-5,15H,3,6-8,14H2,1H3,(H3,16,17). The van der Waals surface area contributed by atoms with Gasteiger partial charge >= 0.3 is 0 Å². The first-order valence-corrected chi connectivity index (χ1v) is 6.00. The number of methoxy groups -OCH3 is 1. The fraction of sp³-hybridized carbons (Fsp3) is 0.385. The first kappa shape index (κ1) is 15.0. The molecule has 0 amide bonds. The van der Waals surface area contributed by atoms with Crippen LogP contribution in [-0.2, 0) is 0 Å². The van der Waals surface area contributed by atoms with Gasteiger partial charge in [0, 0.05) is 6.42 Å². The van der Waals surface area contributed by atoms with Crippen molar-refractivity contribution in [3.63, 3.8) is 0 Å². The lowest BCUT2D eigenvalue weighted by molar-refractivity contribution is 0.310. The third kappa shape index (κ3) is 4.26. The number of benzene rings is 1. The molecular weight excluding hydrogens is 244 g/mol. The molecule has 0 aliphatic heterocycles. The van der Waals surface area contributed by atoms with Crippen molar-refractivity contribution in [2.75, 3.05) is 20.3 Å². The molecule has 6 nitrogen and oxygen atoms in total. The molecule has 0 bridgehead atoms. The van der Waals surface area contributed by atoms with Gasteiger partial charge in [-0.05, 0) is 25.1 Å². The lowest BCUT2D eigenvalue weighted by Crippen LogP contribution is -2.17. The Labute approximate surface area is 112 Å². The van der Waals surface area contributed by atoms with E-state index in [4.69, 9.17) is 31.8 Å². The van der Waals surface area contributed by atoms with Crippen LogP contribution in [0.15, 0.2) is 18.2 Å². The molecule has 0 aliphatic carbocycles. The summed E-state index contributed by atoms with van der Waals surface area (Å²) in [6, 6.07) is 5.31. The highest BCUT2D eigenvalue weighted by Gasteiger charge is 2.16. The number of hydrogen-bond acceptors (Lipinski definition) is 5. The van der Waals surface area contributed by atoms with Gasteiger partial charge in [-0.3, -0.25) is 5.41 Å². The third-order valence-electron chi connectivity index (χ3n) is 2.48. The van der Waals surface area contributed by atoms with Crippen molar-refractivity contribution in [2.45, 2.75) is 12.8 Å². The molecule has 19 heavy (non-hydrogen) atoms. The van der Waals surface area contributed by atoms with Crippen molar-refractivity contribution in [2.24, 2.45) is 11.5 Å². The van der Waals surface area contributed by atoms with E-state index in [0.29, 0.717) is 30.2 Å². The monoisotopic (exact) mass is 264 g/mol. The maximum absolute atomic E-state index is 8.02. The molecule has 0 spiro atoms. The molecule has 0 heterocycles. The fourth-order valence-electron chi connectivity index (χ4n) is 1.64. The van der Waals surface area contributed by atoms with Crippen LogP contribution in [0.4, 0.5) is 0 Å². The topological polar surface area (TPSA) is 118 Å². The van der Waals surface area contributed by atoms with Gasteiger partial charge in [-0.2, -0.15) is 0 Å². The van der Waals surface area contributed by atoms with Crippen molar-refractivity contribution < 1.29 is 9.47 Å². The number of ether oxygens (including phenoxy) is 2. The highest BCUT2D eigenvalue weighted by atomic mass is 16.5. The SMILES string of the molecule is COc1cccc(OCCCN)c1C(=N)CC(=N)N. The maximum Gasteiger partial charge on any atom is 0.132 e. The highest BCUT2D eigenvalue weighted by Crippen LogP contribution is 2.29. The van der Waals surface area contributed by atoms with Crippen LogP contribution < -0.4 is 20.9 Å². The van der Waals surface area contributed by atoms with E-state index in [1.54, 1.807) is 18.2 Å². The van der Waals surface area contributed by atoms with Gasteiger partial charge in [0.1, 0.15) is 11.5 Å². The molecule has 0 fully saturated rings. The number of nitrogens with one attached hydrogen (secondary N) is 2. The van der Waals surface area contributed by atoms with Gasteiger partial charge in [0.2, 0.25) is 0 Å². The van der Waals surface area contributed by atoms with Gasteiger partial charge in [0.05, 0.1) is 30.8 Å². The summed E-state index contributed by atoms with van der Waals surface area (Å²) in [4.78, 5) is 0. The van der Waals surface area contributed by atoms with Gasteiger partial charge in [-0.1, -0.05) is 6.07 Å². The minimum Gasteiger partial charge on any atom is -0.496 e. The molecule has 0 aromatic heterocycles. The molecule has 0 unspecified atom stereocenters. The van der Waals surface area contributed by atoms with E-state index in [0.717, 1.165) is 6.42 Å². The summed E-state index contributed by atoms with van der Waals surface area (Å²) in [5.74, 6) is 1.03. The molecule has 1 aromatic rings. The number of amidine groups is 1. The molecule has 0 atom stereocenters. The Morgan fingerprint density at radius 2 is 1.95 bits per heavy atom. The Balaban J connectivity index is 3.01. The number of rotatable bonds is 8. The summed E-state index contributed by atoms with van der Waals surface area (Å²) >= 11 is 0. The van der Waals surface area contributed by atoms with Gasteiger partial charge < -0.3 is 26.4 Å². The molecule has 0 saturated carbocycles. The molecule has 1 rings (SSSR count). The van der Waals surface area contributed by atoms with Crippen molar-refractivity contribution in [1.29, 1.82) is 10.8 Å². The summed E-state index contributed by atoms with van der Waals surface area (Å²) in [5.41, 5.74) is 11.5. The summed E-state index contributed by atoms with van der Waals surface area (Å²) in [5, 5.41) is 15.3. The number of hydrogen-bond donors (Lipinski definition) is 4. The molecule has 0 saturated heterocycles. The van der Waals surface area contributed by atoms with Crippen LogP contribution in [0.5, 0.6) is 11.5 Å². The summed E-state index contributed by atoms with van der Waals surface area (Å²) in [7, 11) is 1.53. The van der Waals surface area contributed by atoms with E-state index in [1.807, 2.05) is 0 Å².